The van der Waals surface area contributed by atoms with Crippen molar-refractivity contribution in [2.75, 3.05) is 0 Å². The molecular formula is C14H11FNO. The van der Waals surface area contributed by atoms with E-state index in [1.807, 2.05) is 6.07 Å². The van der Waals surface area contributed by atoms with Crippen LogP contribution in [-0.2, 0) is 0 Å². The van der Waals surface area contributed by atoms with Gasteiger partial charge in [0.25, 0.3) is 5.91 Å². The lowest BCUT2D eigenvalue weighted by Crippen LogP contribution is -2.15. The van der Waals surface area contributed by atoms with Gasteiger partial charge in [-0.25, -0.2) is 4.39 Å². The molecule has 3 heteroatoms. The fourth-order valence-electron chi connectivity index (χ4n) is 1.61. The third kappa shape index (κ3) is 2.50. The normalized spacial score (nSPS) is 10.0. The third-order valence-corrected chi connectivity index (χ3v) is 2.44. The molecule has 0 aliphatic carbocycles. The summed E-state index contributed by atoms with van der Waals surface area (Å²) in [4.78, 5) is 11.4. The molecule has 0 spiro atoms. The largest absolute Gasteiger partial charge is 0.350 e. The van der Waals surface area contributed by atoms with E-state index in [-0.39, 0.29) is 11.7 Å². The lowest BCUT2D eigenvalue weighted by atomic mass is 10.0. The Hall–Kier alpha value is -2.16. The molecule has 0 atom stereocenters. The molecule has 2 aromatic rings. The first kappa shape index (κ1) is 11.3. The van der Waals surface area contributed by atoms with Crippen LogP contribution in [0.4, 0.5) is 4.39 Å². The first-order chi connectivity index (χ1) is 8.20. The molecule has 0 bridgehead atoms. The van der Waals surface area contributed by atoms with Gasteiger partial charge in [0.1, 0.15) is 5.82 Å². The van der Waals surface area contributed by atoms with E-state index in [1.54, 1.807) is 30.3 Å². The second-order valence-corrected chi connectivity index (χ2v) is 3.60. The van der Waals surface area contributed by atoms with E-state index in [2.05, 4.69) is 12.4 Å². The maximum atomic E-state index is 13.1. The van der Waals surface area contributed by atoms with Crippen LogP contribution in [0.1, 0.15) is 10.4 Å². The van der Waals surface area contributed by atoms with Crippen molar-refractivity contribution in [3.63, 3.8) is 0 Å². The van der Waals surface area contributed by atoms with Crippen LogP contribution in [0.5, 0.6) is 0 Å². The minimum absolute atomic E-state index is 0.261. The molecule has 0 fully saturated rings. The molecule has 1 radical (unpaired) electrons. The summed E-state index contributed by atoms with van der Waals surface area (Å²) in [6.07, 6.45) is 0. The number of carbonyl (C=O) groups is 1. The SMILES string of the molecule is [CH2]NC(=O)c1cccc(-c2cccc(F)c2)c1. The highest BCUT2D eigenvalue weighted by molar-refractivity contribution is 5.95. The molecule has 2 rings (SSSR count). The molecule has 1 amide bonds. The molecule has 0 aliphatic rings. The Balaban J connectivity index is 2.43. The van der Waals surface area contributed by atoms with Gasteiger partial charge >= 0.3 is 0 Å². The van der Waals surface area contributed by atoms with Crippen molar-refractivity contribution in [2.24, 2.45) is 0 Å². The van der Waals surface area contributed by atoms with Crippen LogP contribution >= 0.6 is 0 Å². The Bertz CT molecular complexity index is 551. The number of carbonyl (C=O) groups excluding carboxylic acids is 1. The molecule has 0 heterocycles. The van der Waals surface area contributed by atoms with Gasteiger partial charge in [0, 0.05) is 12.6 Å². The van der Waals surface area contributed by atoms with Crippen LogP contribution in [0.3, 0.4) is 0 Å². The number of hydrogen-bond donors (Lipinski definition) is 1. The predicted molar refractivity (Wildman–Crippen MR) is 64.7 cm³/mol. The van der Waals surface area contributed by atoms with Crippen LogP contribution in [0.15, 0.2) is 48.5 Å². The van der Waals surface area contributed by atoms with Crippen LogP contribution in [0.25, 0.3) is 11.1 Å². The lowest BCUT2D eigenvalue weighted by Gasteiger charge is -2.04. The zero-order valence-corrected chi connectivity index (χ0v) is 9.11. The second kappa shape index (κ2) is 4.78. The van der Waals surface area contributed by atoms with Crippen LogP contribution in [0, 0.1) is 12.9 Å². The molecule has 2 aromatic carbocycles. The highest BCUT2D eigenvalue weighted by atomic mass is 19.1. The first-order valence-electron chi connectivity index (χ1n) is 5.14. The number of nitrogens with one attached hydrogen (secondary N) is 1. The van der Waals surface area contributed by atoms with Crippen LogP contribution < -0.4 is 5.32 Å². The van der Waals surface area contributed by atoms with E-state index in [1.165, 1.54) is 12.1 Å². The molecule has 2 nitrogen and oxygen atoms in total. The summed E-state index contributed by atoms with van der Waals surface area (Å²) in [7, 11) is 3.32. The van der Waals surface area contributed by atoms with Gasteiger partial charge in [-0.2, -0.15) is 0 Å². The molecule has 0 saturated carbocycles. The summed E-state index contributed by atoms with van der Waals surface area (Å²) in [5.74, 6) is -0.558. The van der Waals surface area contributed by atoms with E-state index in [0.29, 0.717) is 5.56 Å². The van der Waals surface area contributed by atoms with Gasteiger partial charge in [-0.15, -0.1) is 0 Å². The maximum Gasteiger partial charge on any atom is 0.251 e. The number of amides is 1. The minimum atomic E-state index is -0.297. The summed E-state index contributed by atoms with van der Waals surface area (Å²) in [6, 6.07) is 13.2. The third-order valence-electron chi connectivity index (χ3n) is 2.44. The number of halogens is 1. The predicted octanol–water partition coefficient (Wildman–Crippen LogP) is 3.01. The van der Waals surface area contributed by atoms with E-state index < -0.39 is 0 Å². The fraction of sp³-hybridized carbons (Fsp3) is 0. The Morgan fingerprint density at radius 2 is 1.71 bits per heavy atom. The zero-order valence-electron chi connectivity index (χ0n) is 9.11. The fourth-order valence-corrected chi connectivity index (χ4v) is 1.61. The average Bonchev–Trinajstić information content (AvgIpc) is 2.38. The summed E-state index contributed by atoms with van der Waals surface area (Å²) in [5, 5.41) is 2.31. The molecule has 0 unspecified atom stereocenters. The summed E-state index contributed by atoms with van der Waals surface area (Å²) < 4.78 is 13.1. The van der Waals surface area contributed by atoms with Crippen molar-refractivity contribution in [2.45, 2.75) is 0 Å². The highest BCUT2D eigenvalue weighted by Gasteiger charge is 2.05. The van der Waals surface area contributed by atoms with Gasteiger partial charge in [-0.3, -0.25) is 4.79 Å². The molecule has 0 aromatic heterocycles. The molecule has 17 heavy (non-hydrogen) atoms. The van der Waals surface area contributed by atoms with Gasteiger partial charge in [0.2, 0.25) is 0 Å². The van der Waals surface area contributed by atoms with Crippen molar-refractivity contribution in [3.05, 3.63) is 67.0 Å². The van der Waals surface area contributed by atoms with Gasteiger partial charge in [-0.05, 0) is 35.4 Å². The Labute approximate surface area is 99.1 Å². The number of benzene rings is 2. The Morgan fingerprint density at radius 1 is 1.06 bits per heavy atom. The van der Waals surface area contributed by atoms with E-state index in [0.717, 1.165) is 11.1 Å². The number of rotatable bonds is 2. The van der Waals surface area contributed by atoms with Gasteiger partial charge in [0.05, 0.1) is 0 Å². The van der Waals surface area contributed by atoms with Gasteiger partial charge in [0.15, 0.2) is 0 Å². The average molecular weight is 228 g/mol. The lowest BCUT2D eigenvalue weighted by molar-refractivity contribution is 0.0969. The van der Waals surface area contributed by atoms with Crippen molar-refractivity contribution in [3.8, 4) is 11.1 Å². The van der Waals surface area contributed by atoms with Crippen LogP contribution in [0.2, 0.25) is 0 Å². The van der Waals surface area contributed by atoms with Crippen molar-refractivity contribution in [1.82, 2.24) is 5.32 Å². The number of hydrogen-bond acceptors (Lipinski definition) is 1. The highest BCUT2D eigenvalue weighted by Crippen LogP contribution is 2.21. The molecular weight excluding hydrogens is 217 g/mol. The Kier molecular flexibility index (Phi) is 3.19. The summed E-state index contributed by atoms with van der Waals surface area (Å²) in [5.41, 5.74) is 2.04. The van der Waals surface area contributed by atoms with Crippen molar-refractivity contribution in [1.29, 1.82) is 0 Å². The molecule has 85 valence electrons. The van der Waals surface area contributed by atoms with Gasteiger partial charge in [-0.1, -0.05) is 24.3 Å². The smallest absolute Gasteiger partial charge is 0.251 e. The van der Waals surface area contributed by atoms with Gasteiger partial charge < -0.3 is 5.32 Å². The molecule has 0 saturated heterocycles. The van der Waals surface area contributed by atoms with E-state index in [9.17, 15) is 9.18 Å². The monoisotopic (exact) mass is 228 g/mol. The zero-order chi connectivity index (χ0) is 12.3. The first-order valence-corrected chi connectivity index (χ1v) is 5.14. The second-order valence-electron chi connectivity index (χ2n) is 3.60. The minimum Gasteiger partial charge on any atom is -0.350 e. The maximum absolute atomic E-state index is 13.1. The van der Waals surface area contributed by atoms with Crippen LogP contribution in [-0.4, -0.2) is 5.91 Å². The van der Waals surface area contributed by atoms with Crippen molar-refractivity contribution >= 4 is 5.91 Å². The standard InChI is InChI=1S/C14H11FNO/c1-16-14(17)12-6-2-4-10(8-12)11-5-3-7-13(15)9-11/h2-9H,1H2,(H,16,17). The summed E-state index contributed by atoms with van der Waals surface area (Å²) in [6.45, 7) is 0. The topological polar surface area (TPSA) is 29.1 Å². The quantitative estimate of drug-likeness (QED) is 0.841. The molecule has 1 N–H and O–H groups in total. The Morgan fingerprint density at radius 3 is 2.35 bits per heavy atom. The van der Waals surface area contributed by atoms with E-state index in [4.69, 9.17) is 0 Å². The van der Waals surface area contributed by atoms with E-state index >= 15 is 0 Å². The molecule has 0 aliphatic heterocycles. The summed E-state index contributed by atoms with van der Waals surface area (Å²) >= 11 is 0. The van der Waals surface area contributed by atoms with Crippen molar-refractivity contribution < 1.29 is 9.18 Å².